The van der Waals surface area contributed by atoms with Crippen molar-refractivity contribution >= 4 is 17.6 Å². The lowest BCUT2D eigenvalue weighted by atomic mass is 9.92. The van der Waals surface area contributed by atoms with Crippen LogP contribution in [0.25, 0.3) is 0 Å². The van der Waals surface area contributed by atoms with Crippen LogP contribution in [0.5, 0.6) is 0 Å². The molecule has 0 radical (unpaired) electrons. The molecule has 2 N–H and O–H groups in total. The summed E-state index contributed by atoms with van der Waals surface area (Å²) >= 11 is 0. The molecule has 0 bridgehead atoms. The van der Waals surface area contributed by atoms with Crippen molar-refractivity contribution < 1.29 is 29.1 Å². The molecule has 1 rings (SSSR count). The average Bonchev–Trinajstić information content (AvgIpc) is 2.26. The minimum absolute atomic E-state index is 0.157. The fourth-order valence-corrected chi connectivity index (χ4v) is 1.67. The average molecular weight is 271 g/mol. The normalized spacial score (nSPS) is 10.4. The van der Waals surface area contributed by atoms with E-state index in [4.69, 9.17) is 10.2 Å². The molecule has 0 aliphatic heterocycles. The van der Waals surface area contributed by atoms with E-state index >= 15 is 0 Å². The molecule has 8 heteroatoms. The Morgan fingerprint density at radius 2 is 1.79 bits per heavy atom. The molecule has 0 saturated carbocycles. The van der Waals surface area contributed by atoms with Gasteiger partial charge in [0.25, 0.3) is 5.69 Å². The number of nitro benzene ring substituents is 1. The summed E-state index contributed by atoms with van der Waals surface area (Å²) in [5.74, 6) is -4.61. The van der Waals surface area contributed by atoms with Crippen LogP contribution in [-0.2, 0) is 9.59 Å². The first kappa shape index (κ1) is 14.6. The molecular weight excluding hydrogens is 261 g/mol. The van der Waals surface area contributed by atoms with Gasteiger partial charge in [-0.05, 0) is 11.6 Å². The van der Waals surface area contributed by atoms with E-state index in [0.717, 1.165) is 12.1 Å². The molecule has 102 valence electrons. The van der Waals surface area contributed by atoms with Gasteiger partial charge < -0.3 is 10.2 Å². The van der Waals surface area contributed by atoms with Crippen LogP contribution in [0.1, 0.15) is 24.3 Å². The summed E-state index contributed by atoms with van der Waals surface area (Å²) in [4.78, 5) is 30.9. The molecule has 0 aliphatic carbocycles. The lowest BCUT2D eigenvalue weighted by Gasteiger charge is -2.13. The molecule has 0 saturated heterocycles. The Morgan fingerprint density at radius 3 is 2.16 bits per heavy atom. The molecule has 0 aliphatic rings. The first-order chi connectivity index (χ1) is 8.81. The van der Waals surface area contributed by atoms with Crippen LogP contribution in [-0.4, -0.2) is 27.1 Å². The second-order valence-electron chi connectivity index (χ2n) is 3.86. The molecule has 0 fully saturated rings. The van der Waals surface area contributed by atoms with E-state index in [1.807, 2.05) is 0 Å². The molecule has 0 unspecified atom stereocenters. The van der Waals surface area contributed by atoms with E-state index in [-0.39, 0.29) is 5.56 Å². The zero-order valence-corrected chi connectivity index (χ0v) is 9.58. The highest BCUT2D eigenvalue weighted by molar-refractivity contribution is 5.72. The van der Waals surface area contributed by atoms with Gasteiger partial charge in [0.1, 0.15) is 5.82 Å². The minimum atomic E-state index is -1.27. The third-order valence-corrected chi connectivity index (χ3v) is 2.48. The second-order valence-corrected chi connectivity index (χ2v) is 3.86. The second kappa shape index (κ2) is 5.89. The molecule has 0 amide bonds. The van der Waals surface area contributed by atoms with Crippen molar-refractivity contribution in [3.63, 3.8) is 0 Å². The van der Waals surface area contributed by atoms with E-state index in [0.29, 0.717) is 6.07 Å². The lowest BCUT2D eigenvalue weighted by molar-refractivity contribution is -0.385. The van der Waals surface area contributed by atoms with Crippen LogP contribution in [0.3, 0.4) is 0 Å². The maximum absolute atomic E-state index is 13.7. The first-order valence-corrected chi connectivity index (χ1v) is 5.18. The van der Waals surface area contributed by atoms with Crippen molar-refractivity contribution in [2.45, 2.75) is 18.8 Å². The lowest BCUT2D eigenvalue weighted by Crippen LogP contribution is -2.12. The van der Waals surface area contributed by atoms with Crippen LogP contribution in [0.4, 0.5) is 10.1 Å². The van der Waals surface area contributed by atoms with Crippen molar-refractivity contribution in [1.82, 2.24) is 0 Å². The van der Waals surface area contributed by atoms with E-state index in [1.165, 1.54) is 0 Å². The highest BCUT2D eigenvalue weighted by Crippen LogP contribution is 2.28. The number of non-ortho nitro benzene ring substituents is 1. The molecule has 0 spiro atoms. The summed E-state index contributed by atoms with van der Waals surface area (Å²) in [5, 5.41) is 27.8. The number of carbonyl (C=O) groups is 2. The smallest absolute Gasteiger partial charge is 0.303 e. The molecular formula is C11H10FNO6. The number of carboxylic acid groups (broad SMARTS) is 2. The Balaban J connectivity index is 3.11. The molecule has 1 aromatic carbocycles. The Labute approximate surface area is 106 Å². The zero-order valence-electron chi connectivity index (χ0n) is 9.58. The highest BCUT2D eigenvalue weighted by Gasteiger charge is 2.23. The monoisotopic (exact) mass is 271 g/mol. The van der Waals surface area contributed by atoms with Crippen LogP contribution in [0.2, 0.25) is 0 Å². The van der Waals surface area contributed by atoms with Crippen molar-refractivity contribution in [2.75, 3.05) is 0 Å². The Kier molecular flexibility index (Phi) is 4.51. The predicted octanol–water partition coefficient (Wildman–Crippen LogP) is 1.77. The number of halogens is 1. The number of nitro groups is 1. The Morgan fingerprint density at radius 1 is 1.26 bits per heavy atom. The van der Waals surface area contributed by atoms with E-state index in [1.54, 1.807) is 0 Å². The topological polar surface area (TPSA) is 118 Å². The highest BCUT2D eigenvalue weighted by atomic mass is 19.1. The van der Waals surface area contributed by atoms with E-state index < -0.39 is 47.1 Å². The fourth-order valence-electron chi connectivity index (χ4n) is 1.67. The quantitative estimate of drug-likeness (QED) is 0.601. The van der Waals surface area contributed by atoms with Crippen molar-refractivity contribution in [3.05, 3.63) is 39.7 Å². The van der Waals surface area contributed by atoms with Gasteiger partial charge in [-0.3, -0.25) is 19.7 Å². The van der Waals surface area contributed by atoms with Crippen LogP contribution in [0, 0.1) is 15.9 Å². The first-order valence-electron chi connectivity index (χ1n) is 5.18. The summed E-state index contributed by atoms with van der Waals surface area (Å²) in [6.07, 6.45) is -1.14. The van der Waals surface area contributed by atoms with E-state index in [9.17, 15) is 24.1 Å². The number of nitrogens with zero attached hydrogens (tertiary/aromatic N) is 1. The largest absolute Gasteiger partial charge is 0.481 e. The molecule has 19 heavy (non-hydrogen) atoms. The summed E-state index contributed by atoms with van der Waals surface area (Å²) in [7, 11) is 0. The summed E-state index contributed by atoms with van der Waals surface area (Å²) in [6.45, 7) is 0. The molecule has 7 nitrogen and oxygen atoms in total. The number of aliphatic carboxylic acids is 2. The number of hydrogen-bond acceptors (Lipinski definition) is 4. The SMILES string of the molecule is O=C(O)CC(CC(=O)O)c1ccc([N+](=O)[O-])cc1F. The van der Waals surface area contributed by atoms with Crippen LogP contribution >= 0.6 is 0 Å². The standard InChI is InChI=1S/C11H10FNO6/c12-9-5-7(13(18)19)1-2-8(9)6(3-10(14)15)4-11(16)17/h1-2,5-6H,3-4H2,(H,14,15)(H,16,17). The molecule has 1 aromatic rings. The van der Waals surface area contributed by atoms with Gasteiger partial charge >= 0.3 is 11.9 Å². The third-order valence-electron chi connectivity index (χ3n) is 2.48. The van der Waals surface area contributed by atoms with Crippen molar-refractivity contribution in [2.24, 2.45) is 0 Å². The maximum atomic E-state index is 13.7. The summed E-state index contributed by atoms with van der Waals surface area (Å²) < 4.78 is 13.7. The maximum Gasteiger partial charge on any atom is 0.303 e. The Hall–Kier alpha value is -2.51. The Bertz CT molecular complexity index is 514. The number of hydrogen-bond donors (Lipinski definition) is 2. The number of carboxylic acids is 2. The van der Waals surface area contributed by atoms with Gasteiger partial charge in [0.15, 0.2) is 0 Å². The van der Waals surface area contributed by atoms with Gasteiger partial charge in [-0.2, -0.15) is 0 Å². The van der Waals surface area contributed by atoms with Gasteiger partial charge in [-0.25, -0.2) is 4.39 Å². The van der Waals surface area contributed by atoms with E-state index in [2.05, 4.69) is 0 Å². The zero-order chi connectivity index (χ0) is 14.6. The predicted molar refractivity (Wildman–Crippen MR) is 60.3 cm³/mol. The number of rotatable bonds is 6. The van der Waals surface area contributed by atoms with Gasteiger partial charge in [0.2, 0.25) is 0 Å². The third kappa shape index (κ3) is 4.02. The van der Waals surface area contributed by atoms with Gasteiger partial charge in [-0.15, -0.1) is 0 Å². The number of benzene rings is 1. The minimum Gasteiger partial charge on any atom is -0.481 e. The fraction of sp³-hybridized carbons (Fsp3) is 0.273. The van der Waals surface area contributed by atoms with Crippen LogP contribution in [0.15, 0.2) is 18.2 Å². The molecule has 0 heterocycles. The molecule has 0 atom stereocenters. The van der Waals surface area contributed by atoms with Crippen molar-refractivity contribution in [3.8, 4) is 0 Å². The molecule has 0 aromatic heterocycles. The van der Waals surface area contributed by atoms with Crippen LogP contribution < -0.4 is 0 Å². The van der Waals surface area contributed by atoms with Gasteiger partial charge in [0.05, 0.1) is 23.8 Å². The van der Waals surface area contributed by atoms with Gasteiger partial charge in [-0.1, -0.05) is 0 Å². The van der Waals surface area contributed by atoms with Crippen molar-refractivity contribution in [1.29, 1.82) is 0 Å². The summed E-state index contributed by atoms with van der Waals surface area (Å²) in [5.41, 5.74) is -0.638. The van der Waals surface area contributed by atoms with Gasteiger partial charge in [0, 0.05) is 12.0 Å². The summed E-state index contributed by atoms with van der Waals surface area (Å²) in [6, 6.07) is 2.70.